The average Bonchev–Trinajstić information content (AvgIpc) is 2.54. The van der Waals surface area contributed by atoms with Gasteiger partial charge in [-0.1, -0.05) is 48.5 Å². The van der Waals surface area contributed by atoms with Crippen LogP contribution in [0.25, 0.3) is 0 Å². The van der Waals surface area contributed by atoms with Crippen molar-refractivity contribution in [2.75, 3.05) is 11.9 Å². The van der Waals surface area contributed by atoms with Crippen LogP contribution in [-0.2, 0) is 4.79 Å². The van der Waals surface area contributed by atoms with Gasteiger partial charge in [-0.25, -0.2) is 4.79 Å². The molecule has 0 aliphatic rings. The highest BCUT2D eigenvalue weighted by molar-refractivity contribution is 6.01. The van der Waals surface area contributed by atoms with Crippen molar-refractivity contribution in [3.05, 3.63) is 66.2 Å². The Morgan fingerprint density at radius 1 is 0.955 bits per heavy atom. The number of carbonyl (C=O) groups excluding carboxylic acids is 2. The molecule has 0 saturated heterocycles. The smallest absolute Gasteiger partial charge is 0.308 e. The minimum atomic E-state index is -0.537. The summed E-state index contributed by atoms with van der Waals surface area (Å²) in [5.74, 6) is -0.379. The Balaban J connectivity index is 1.75. The summed E-state index contributed by atoms with van der Waals surface area (Å²) < 4.78 is 0. The molecule has 3 N–H and O–H groups in total. The molecule has 1 atom stereocenters. The zero-order valence-electron chi connectivity index (χ0n) is 12.4. The Kier molecular flexibility index (Phi) is 5.68. The van der Waals surface area contributed by atoms with E-state index in [1.54, 1.807) is 24.3 Å². The number of nitrogens with one attached hydrogen (secondary N) is 3. The molecule has 0 bridgehead atoms. The average molecular weight is 297 g/mol. The zero-order chi connectivity index (χ0) is 15.8. The Labute approximate surface area is 129 Å². The molecule has 2 rings (SSSR count). The number of amides is 3. The zero-order valence-corrected chi connectivity index (χ0v) is 12.4. The summed E-state index contributed by atoms with van der Waals surface area (Å²) in [6.07, 6.45) is 0. The molecule has 0 fully saturated rings. The Hall–Kier alpha value is -2.66. The van der Waals surface area contributed by atoms with Crippen LogP contribution >= 0.6 is 0 Å². The first-order chi connectivity index (χ1) is 10.6. The SMILES string of the molecule is C[C@H](NCC(=O)NC(=O)Nc1ccccc1)c1ccccc1. The molecule has 0 aliphatic carbocycles. The van der Waals surface area contributed by atoms with Gasteiger partial charge in [-0.05, 0) is 24.6 Å². The molecule has 0 saturated carbocycles. The fourth-order valence-electron chi connectivity index (χ4n) is 1.96. The third-order valence-electron chi connectivity index (χ3n) is 3.15. The number of anilines is 1. The standard InChI is InChI=1S/C17H19N3O2/c1-13(14-8-4-2-5-9-14)18-12-16(21)20-17(22)19-15-10-6-3-7-11-15/h2-11,13,18H,12H2,1H3,(H2,19,20,21,22)/t13-/m0/s1. The summed E-state index contributed by atoms with van der Waals surface area (Å²) in [5.41, 5.74) is 1.72. The molecule has 0 unspecified atom stereocenters. The van der Waals surface area contributed by atoms with Gasteiger partial charge in [0.05, 0.1) is 6.54 Å². The fourth-order valence-corrected chi connectivity index (χ4v) is 1.96. The molecule has 2 aromatic rings. The lowest BCUT2D eigenvalue weighted by molar-refractivity contribution is -0.119. The van der Waals surface area contributed by atoms with Crippen LogP contribution in [0.4, 0.5) is 10.5 Å². The van der Waals surface area contributed by atoms with Crippen molar-refractivity contribution in [2.45, 2.75) is 13.0 Å². The minimum absolute atomic E-state index is 0.0316. The molecule has 114 valence electrons. The number of benzene rings is 2. The summed E-state index contributed by atoms with van der Waals surface area (Å²) in [6.45, 7) is 2.03. The second-order valence-electron chi connectivity index (χ2n) is 4.88. The molecule has 5 heteroatoms. The van der Waals surface area contributed by atoms with Crippen LogP contribution in [0.3, 0.4) is 0 Å². The second-order valence-corrected chi connectivity index (χ2v) is 4.88. The maximum atomic E-state index is 11.7. The maximum Gasteiger partial charge on any atom is 0.325 e. The first-order valence-corrected chi connectivity index (χ1v) is 7.09. The predicted molar refractivity (Wildman–Crippen MR) is 86.5 cm³/mol. The highest BCUT2D eigenvalue weighted by Gasteiger charge is 2.10. The lowest BCUT2D eigenvalue weighted by atomic mass is 10.1. The van der Waals surface area contributed by atoms with Crippen molar-refractivity contribution in [3.8, 4) is 0 Å². The number of carbonyl (C=O) groups is 2. The predicted octanol–water partition coefficient (Wildman–Crippen LogP) is 2.69. The van der Waals surface area contributed by atoms with Gasteiger partial charge in [0.15, 0.2) is 0 Å². The first-order valence-electron chi connectivity index (χ1n) is 7.09. The quantitative estimate of drug-likeness (QED) is 0.794. The molecule has 2 aromatic carbocycles. The first kappa shape index (κ1) is 15.7. The lowest BCUT2D eigenvalue weighted by Crippen LogP contribution is -2.40. The van der Waals surface area contributed by atoms with Gasteiger partial charge >= 0.3 is 6.03 Å². The number of imide groups is 1. The van der Waals surface area contributed by atoms with Crippen molar-refractivity contribution >= 4 is 17.6 Å². The molecule has 0 spiro atoms. The number of para-hydroxylation sites is 1. The molecule has 0 heterocycles. The van der Waals surface area contributed by atoms with E-state index in [-0.39, 0.29) is 18.5 Å². The van der Waals surface area contributed by atoms with E-state index in [9.17, 15) is 9.59 Å². The third-order valence-corrected chi connectivity index (χ3v) is 3.15. The molecule has 5 nitrogen and oxygen atoms in total. The number of urea groups is 1. The van der Waals surface area contributed by atoms with E-state index in [1.165, 1.54) is 0 Å². The van der Waals surface area contributed by atoms with Gasteiger partial charge < -0.3 is 10.6 Å². The Bertz CT molecular complexity index is 614. The number of hydrogen-bond acceptors (Lipinski definition) is 3. The van der Waals surface area contributed by atoms with E-state index >= 15 is 0 Å². The largest absolute Gasteiger partial charge is 0.325 e. The van der Waals surface area contributed by atoms with Crippen LogP contribution in [0, 0.1) is 0 Å². The normalized spacial score (nSPS) is 11.5. The molecule has 0 aromatic heterocycles. The monoisotopic (exact) mass is 297 g/mol. The molecule has 0 radical (unpaired) electrons. The molecule has 3 amide bonds. The van der Waals surface area contributed by atoms with Crippen LogP contribution in [0.1, 0.15) is 18.5 Å². The van der Waals surface area contributed by atoms with Gasteiger partial charge in [0, 0.05) is 11.7 Å². The number of hydrogen-bond donors (Lipinski definition) is 3. The summed E-state index contributed by atoms with van der Waals surface area (Å²) in [7, 11) is 0. The molecular weight excluding hydrogens is 278 g/mol. The summed E-state index contributed by atoms with van der Waals surface area (Å²) in [6, 6.07) is 18.3. The molecule has 0 aliphatic heterocycles. The van der Waals surface area contributed by atoms with Crippen LogP contribution in [0.2, 0.25) is 0 Å². The van der Waals surface area contributed by atoms with Crippen molar-refractivity contribution < 1.29 is 9.59 Å². The molecule has 22 heavy (non-hydrogen) atoms. The van der Waals surface area contributed by atoms with E-state index in [2.05, 4.69) is 16.0 Å². The summed E-state index contributed by atoms with van der Waals surface area (Å²) in [5, 5.41) is 7.95. The minimum Gasteiger partial charge on any atom is -0.308 e. The van der Waals surface area contributed by atoms with Gasteiger partial charge in [-0.3, -0.25) is 10.1 Å². The fraction of sp³-hybridized carbons (Fsp3) is 0.176. The van der Waals surface area contributed by atoms with E-state index in [0.717, 1.165) is 5.56 Å². The Morgan fingerprint density at radius 3 is 2.18 bits per heavy atom. The van der Waals surface area contributed by atoms with E-state index in [0.29, 0.717) is 5.69 Å². The van der Waals surface area contributed by atoms with Gasteiger partial charge in [-0.15, -0.1) is 0 Å². The van der Waals surface area contributed by atoms with Crippen molar-refractivity contribution in [3.63, 3.8) is 0 Å². The van der Waals surface area contributed by atoms with Crippen LogP contribution in [0.15, 0.2) is 60.7 Å². The van der Waals surface area contributed by atoms with Gasteiger partial charge in [-0.2, -0.15) is 0 Å². The maximum absolute atomic E-state index is 11.7. The van der Waals surface area contributed by atoms with Crippen LogP contribution in [-0.4, -0.2) is 18.5 Å². The summed E-state index contributed by atoms with van der Waals surface area (Å²) >= 11 is 0. The lowest BCUT2D eigenvalue weighted by Gasteiger charge is -2.14. The highest BCUT2D eigenvalue weighted by atomic mass is 16.2. The van der Waals surface area contributed by atoms with E-state index in [1.807, 2.05) is 43.3 Å². The molecular formula is C17H19N3O2. The van der Waals surface area contributed by atoms with Gasteiger partial charge in [0.2, 0.25) is 5.91 Å². The highest BCUT2D eigenvalue weighted by Crippen LogP contribution is 2.10. The van der Waals surface area contributed by atoms with Crippen molar-refractivity contribution in [2.24, 2.45) is 0 Å². The van der Waals surface area contributed by atoms with E-state index < -0.39 is 6.03 Å². The van der Waals surface area contributed by atoms with Crippen LogP contribution < -0.4 is 16.0 Å². The van der Waals surface area contributed by atoms with Crippen LogP contribution in [0.5, 0.6) is 0 Å². The topological polar surface area (TPSA) is 70.2 Å². The van der Waals surface area contributed by atoms with Gasteiger partial charge in [0.25, 0.3) is 0 Å². The van der Waals surface area contributed by atoms with Crippen molar-refractivity contribution in [1.29, 1.82) is 0 Å². The van der Waals surface area contributed by atoms with E-state index in [4.69, 9.17) is 0 Å². The second kappa shape index (κ2) is 7.95. The van der Waals surface area contributed by atoms with Gasteiger partial charge in [0.1, 0.15) is 0 Å². The summed E-state index contributed by atoms with van der Waals surface area (Å²) in [4.78, 5) is 23.4. The Morgan fingerprint density at radius 2 is 1.55 bits per heavy atom. The third kappa shape index (κ3) is 5.03. The number of rotatable bonds is 5. The van der Waals surface area contributed by atoms with Crippen molar-refractivity contribution in [1.82, 2.24) is 10.6 Å².